The van der Waals surface area contributed by atoms with Gasteiger partial charge in [0.05, 0.1) is 5.41 Å². The summed E-state index contributed by atoms with van der Waals surface area (Å²) in [5, 5.41) is 12.9. The number of rotatable bonds is 9. The van der Waals surface area contributed by atoms with Crippen LogP contribution in [-0.2, 0) is 11.2 Å². The molecule has 1 aromatic carbocycles. The fourth-order valence-corrected chi connectivity index (χ4v) is 2.62. The number of nitrogens with one attached hydrogen (secondary N) is 1. The molecule has 0 saturated carbocycles. The Hall–Kier alpha value is -1.13. The second-order valence-corrected chi connectivity index (χ2v) is 5.68. The Morgan fingerprint density at radius 2 is 2.05 bits per heavy atom. The Balaban J connectivity index is 2.43. The molecule has 5 heteroatoms. The molecule has 0 spiro atoms. The van der Waals surface area contributed by atoms with Crippen LogP contribution in [0.4, 0.5) is 4.39 Å². The summed E-state index contributed by atoms with van der Waals surface area (Å²) in [7, 11) is 0. The smallest absolute Gasteiger partial charge is 0.310 e. The van der Waals surface area contributed by atoms with Gasteiger partial charge in [-0.1, -0.05) is 31.5 Å². The maximum absolute atomic E-state index is 13.6. The van der Waals surface area contributed by atoms with Gasteiger partial charge in [-0.05, 0) is 44.4 Å². The van der Waals surface area contributed by atoms with Gasteiger partial charge in [0.15, 0.2) is 0 Å². The number of benzene rings is 1. The van der Waals surface area contributed by atoms with Gasteiger partial charge >= 0.3 is 5.97 Å². The first-order valence-corrected chi connectivity index (χ1v) is 7.71. The molecule has 0 aromatic heterocycles. The maximum atomic E-state index is 13.6. The second kappa shape index (κ2) is 8.35. The van der Waals surface area contributed by atoms with Crippen LogP contribution in [0.5, 0.6) is 0 Å². The molecule has 0 atom stereocenters. The molecule has 1 rings (SSSR count). The molecule has 0 fully saturated rings. The molecule has 1 aromatic rings. The first-order chi connectivity index (χ1) is 9.96. The van der Waals surface area contributed by atoms with Crippen LogP contribution in [0.3, 0.4) is 0 Å². The third-order valence-electron chi connectivity index (χ3n) is 4.11. The van der Waals surface area contributed by atoms with Gasteiger partial charge in [-0.2, -0.15) is 0 Å². The average Bonchev–Trinajstić information content (AvgIpc) is 2.45. The van der Waals surface area contributed by atoms with E-state index in [-0.39, 0.29) is 5.82 Å². The Morgan fingerprint density at radius 3 is 2.57 bits per heavy atom. The summed E-state index contributed by atoms with van der Waals surface area (Å²) in [6.45, 7) is 4.84. The van der Waals surface area contributed by atoms with E-state index < -0.39 is 11.4 Å². The van der Waals surface area contributed by atoms with Gasteiger partial charge in [0, 0.05) is 17.1 Å². The summed E-state index contributed by atoms with van der Waals surface area (Å²) in [4.78, 5) is 11.4. The second-order valence-electron chi connectivity index (χ2n) is 5.27. The van der Waals surface area contributed by atoms with Crippen molar-refractivity contribution in [1.82, 2.24) is 5.32 Å². The molecule has 0 bridgehead atoms. The van der Waals surface area contributed by atoms with E-state index >= 15 is 0 Å². The van der Waals surface area contributed by atoms with E-state index in [4.69, 9.17) is 11.6 Å². The normalized spacial score (nSPS) is 11.6. The summed E-state index contributed by atoms with van der Waals surface area (Å²) in [5.41, 5.74) is -0.188. The Kier molecular flexibility index (Phi) is 7.12. The predicted molar refractivity (Wildman–Crippen MR) is 83.3 cm³/mol. The number of carbonyl (C=O) groups is 1. The lowest BCUT2D eigenvalue weighted by Crippen LogP contribution is -2.40. The van der Waals surface area contributed by atoms with E-state index in [2.05, 4.69) is 5.32 Å². The zero-order chi connectivity index (χ0) is 15.9. The van der Waals surface area contributed by atoms with Crippen molar-refractivity contribution < 1.29 is 14.3 Å². The number of aliphatic carboxylic acids is 1. The highest BCUT2D eigenvalue weighted by molar-refractivity contribution is 6.31. The number of carboxylic acid groups (broad SMARTS) is 1. The van der Waals surface area contributed by atoms with Crippen molar-refractivity contribution in [3.63, 3.8) is 0 Å². The third kappa shape index (κ3) is 4.68. The molecule has 21 heavy (non-hydrogen) atoms. The Bertz CT molecular complexity index is 455. The first-order valence-electron chi connectivity index (χ1n) is 7.34. The van der Waals surface area contributed by atoms with Crippen LogP contribution in [-0.4, -0.2) is 24.2 Å². The van der Waals surface area contributed by atoms with Crippen LogP contribution in [0.1, 0.15) is 38.7 Å². The average molecular weight is 316 g/mol. The molecule has 0 saturated heterocycles. The van der Waals surface area contributed by atoms with Gasteiger partial charge in [-0.3, -0.25) is 4.79 Å². The molecule has 0 aliphatic heterocycles. The lowest BCUT2D eigenvalue weighted by Gasteiger charge is -2.27. The van der Waals surface area contributed by atoms with Gasteiger partial charge in [-0.25, -0.2) is 4.39 Å². The lowest BCUT2D eigenvalue weighted by molar-refractivity contribution is -0.149. The van der Waals surface area contributed by atoms with Crippen molar-refractivity contribution in [2.75, 3.05) is 13.1 Å². The van der Waals surface area contributed by atoms with Gasteiger partial charge in [0.1, 0.15) is 5.82 Å². The Labute approximate surface area is 130 Å². The summed E-state index contributed by atoms with van der Waals surface area (Å²) in [6.07, 6.45) is 2.43. The lowest BCUT2D eigenvalue weighted by atomic mass is 9.82. The van der Waals surface area contributed by atoms with E-state index in [1.807, 2.05) is 13.8 Å². The molecular formula is C16H23ClFNO2. The minimum Gasteiger partial charge on any atom is -0.481 e. The van der Waals surface area contributed by atoms with Crippen molar-refractivity contribution >= 4 is 17.6 Å². The number of carboxylic acids is 1. The van der Waals surface area contributed by atoms with Gasteiger partial charge in [0.25, 0.3) is 0 Å². The monoisotopic (exact) mass is 315 g/mol. The standard InChI is InChI=1S/C16H23ClFNO2/c1-3-16(4-2,15(20)21)11-19-10-6-7-12-13(17)8-5-9-14(12)18/h5,8-9,19H,3-4,6-7,10-11H2,1-2H3,(H,20,21). The molecule has 0 heterocycles. The highest BCUT2D eigenvalue weighted by Crippen LogP contribution is 2.25. The van der Waals surface area contributed by atoms with Crippen molar-refractivity contribution in [3.05, 3.63) is 34.6 Å². The molecule has 0 amide bonds. The molecule has 118 valence electrons. The van der Waals surface area contributed by atoms with E-state index in [0.29, 0.717) is 49.4 Å². The van der Waals surface area contributed by atoms with Crippen molar-refractivity contribution in [2.45, 2.75) is 39.5 Å². The highest BCUT2D eigenvalue weighted by atomic mass is 35.5. The predicted octanol–water partition coefficient (Wildman–Crippen LogP) is 3.89. The summed E-state index contributed by atoms with van der Waals surface area (Å²) < 4.78 is 13.6. The van der Waals surface area contributed by atoms with Crippen LogP contribution < -0.4 is 5.32 Å². The molecule has 0 radical (unpaired) electrons. The summed E-state index contributed by atoms with van der Waals surface area (Å²) >= 11 is 5.96. The van der Waals surface area contributed by atoms with Crippen LogP contribution in [0.15, 0.2) is 18.2 Å². The minimum atomic E-state index is -0.767. The van der Waals surface area contributed by atoms with Gasteiger partial charge in [0.2, 0.25) is 0 Å². The topological polar surface area (TPSA) is 49.3 Å². The van der Waals surface area contributed by atoms with Crippen LogP contribution in [0, 0.1) is 11.2 Å². The van der Waals surface area contributed by atoms with Crippen LogP contribution in [0.2, 0.25) is 5.02 Å². The quantitative estimate of drug-likeness (QED) is 0.680. The van der Waals surface area contributed by atoms with E-state index in [1.165, 1.54) is 6.07 Å². The van der Waals surface area contributed by atoms with E-state index in [1.54, 1.807) is 12.1 Å². The van der Waals surface area contributed by atoms with Crippen LogP contribution >= 0.6 is 11.6 Å². The van der Waals surface area contributed by atoms with Gasteiger partial charge < -0.3 is 10.4 Å². The summed E-state index contributed by atoms with van der Waals surface area (Å²) in [5.74, 6) is -1.05. The minimum absolute atomic E-state index is 0.288. The highest BCUT2D eigenvalue weighted by Gasteiger charge is 2.34. The van der Waals surface area contributed by atoms with Crippen molar-refractivity contribution in [2.24, 2.45) is 5.41 Å². The van der Waals surface area contributed by atoms with E-state index in [0.717, 1.165) is 0 Å². The van der Waals surface area contributed by atoms with Crippen LogP contribution in [0.25, 0.3) is 0 Å². The maximum Gasteiger partial charge on any atom is 0.310 e. The molecule has 0 aliphatic rings. The van der Waals surface area contributed by atoms with E-state index in [9.17, 15) is 14.3 Å². The zero-order valence-electron chi connectivity index (χ0n) is 12.6. The molecular weight excluding hydrogens is 293 g/mol. The number of halogens is 2. The SMILES string of the molecule is CCC(CC)(CNCCCc1c(F)cccc1Cl)C(=O)O. The number of hydrogen-bond donors (Lipinski definition) is 2. The zero-order valence-corrected chi connectivity index (χ0v) is 13.3. The fourth-order valence-electron chi connectivity index (χ4n) is 2.37. The van der Waals surface area contributed by atoms with Crippen molar-refractivity contribution in [1.29, 1.82) is 0 Å². The third-order valence-corrected chi connectivity index (χ3v) is 4.47. The number of hydrogen-bond acceptors (Lipinski definition) is 2. The van der Waals surface area contributed by atoms with Gasteiger partial charge in [-0.15, -0.1) is 0 Å². The Morgan fingerprint density at radius 1 is 1.38 bits per heavy atom. The van der Waals surface area contributed by atoms with Crippen molar-refractivity contribution in [3.8, 4) is 0 Å². The first kappa shape index (κ1) is 17.9. The molecule has 0 aliphatic carbocycles. The molecule has 3 nitrogen and oxygen atoms in total. The largest absolute Gasteiger partial charge is 0.481 e. The molecule has 2 N–H and O–H groups in total. The summed E-state index contributed by atoms with van der Waals surface area (Å²) in [6, 6.07) is 4.67. The fraction of sp³-hybridized carbons (Fsp3) is 0.562. The molecule has 0 unspecified atom stereocenters.